The lowest BCUT2D eigenvalue weighted by atomic mass is 9.73. The number of amides is 2. The molecule has 2 amide bonds. The Morgan fingerprint density at radius 1 is 1.35 bits per heavy atom. The molecule has 1 aromatic carbocycles. The molecule has 1 aliphatic heterocycles. The molecule has 1 aromatic rings. The van der Waals surface area contributed by atoms with E-state index in [-0.39, 0.29) is 44.4 Å². The summed E-state index contributed by atoms with van der Waals surface area (Å²) >= 11 is 0. The van der Waals surface area contributed by atoms with Crippen molar-refractivity contribution >= 4 is 11.8 Å². The third-order valence-corrected chi connectivity index (χ3v) is 4.47. The highest BCUT2D eigenvalue weighted by Gasteiger charge is 2.51. The van der Waals surface area contributed by atoms with Gasteiger partial charge in [0.25, 0.3) is 0 Å². The monoisotopic (exact) mass is 367 g/mol. The first-order valence-electron chi connectivity index (χ1n) is 8.50. The molecule has 1 heterocycles. The third kappa shape index (κ3) is 4.78. The van der Waals surface area contributed by atoms with Crippen LogP contribution < -0.4 is 5.32 Å². The Hall–Kier alpha value is -2.03. The van der Waals surface area contributed by atoms with Crippen LogP contribution in [0.4, 0.5) is 4.39 Å². The van der Waals surface area contributed by atoms with Crippen molar-refractivity contribution in [3.8, 4) is 0 Å². The average molecular weight is 367 g/mol. The van der Waals surface area contributed by atoms with E-state index in [1.807, 2.05) is 0 Å². The van der Waals surface area contributed by atoms with E-state index in [0.717, 1.165) is 0 Å². The highest BCUT2D eigenvalue weighted by molar-refractivity contribution is 5.88. The number of likely N-dealkylation sites (N-methyl/N-ethyl adjacent to an activating group) is 1. The van der Waals surface area contributed by atoms with E-state index < -0.39 is 23.9 Å². The van der Waals surface area contributed by atoms with Crippen LogP contribution in [0.15, 0.2) is 24.3 Å². The number of nitrogens with one attached hydrogen (secondary N) is 1. The molecule has 0 unspecified atom stereocenters. The number of aliphatic hydroxyl groups excluding tert-OH is 2. The Balaban J connectivity index is 2.11. The van der Waals surface area contributed by atoms with Gasteiger partial charge in [0.1, 0.15) is 5.82 Å². The van der Waals surface area contributed by atoms with Crippen molar-refractivity contribution in [2.75, 3.05) is 46.9 Å². The van der Waals surface area contributed by atoms with Crippen LogP contribution >= 0.6 is 0 Å². The summed E-state index contributed by atoms with van der Waals surface area (Å²) in [5.41, 5.74) is -0.538. The first kappa shape index (κ1) is 20.3. The molecule has 0 aliphatic carbocycles. The maximum Gasteiger partial charge on any atom is 0.236 e. The summed E-state index contributed by atoms with van der Waals surface area (Å²) < 4.78 is 14.0. The van der Waals surface area contributed by atoms with Crippen LogP contribution in [-0.2, 0) is 16.0 Å². The minimum atomic E-state index is -1.06. The van der Waals surface area contributed by atoms with Crippen LogP contribution in [0.2, 0.25) is 0 Å². The summed E-state index contributed by atoms with van der Waals surface area (Å²) in [5, 5.41) is 20.9. The van der Waals surface area contributed by atoms with Crippen LogP contribution in [0, 0.1) is 11.2 Å². The van der Waals surface area contributed by atoms with Crippen molar-refractivity contribution in [3.05, 3.63) is 35.6 Å². The molecule has 1 aliphatic rings. The van der Waals surface area contributed by atoms with Gasteiger partial charge in [-0.2, -0.15) is 0 Å². The molecular formula is C18H26FN3O4. The molecule has 0 bridgehead atoms. The molecule has 0 saturated carbocycles. The number of carbonyl (C=O) groups excluding carboxylic acids is 2. The first-order valence-corrected chi connectivity index (χ1v) is 8.50. The maximum absolute atomic E-state index is 14.0. The van der Waals surface area contributed by atoms with Gasteiger partial charge in [0.05, 0.1) is 24.7 Å². The van der Waals surface area contributed by atoms with Gasteiger partial charge in [-0.15, -0.1) is 0 Å². The summed E-state index contributed by atoms with van der Waals surface area (Å²) in [6, 6.07) is 6.24. The average Bonchev–Trinajstić information content (AvgIpc) is 2.56. The molecule has 0 aromatic heterocycles. The Morgan fingerprint density at radius 2 is 2.00 bits per heavy atom. The molecule has 0 spiro atoms. The topological polar surface area (TPSA) is 93.1 Å². The van der Waals surface area contributed by atoms with Gasteiger partial charge in [-0.3, -0.25) is 9.59 Å². The van der Waals surface area contributed by atoms with E-state index in [2.05, 4.69) is 5.32 Å². The molecule has 144 valence electrons. The Kier molecular flexibility index (Phi) is 6.69. The first-order chi connectivity index (χ1) is 12.3. The number of likely N-dealkylation sites (tertiary alicyclic amines) is 1. The van der Waals surface area contributed by atoms with Crippen molar-refractivity contribution < 1.29 is 24.2 Å². The standard InChI is InChI=1S/C18H26FN3O4/c1-21(2)9-16(25)22-11-18(12-22,17(26)20-8-14(24)10-23)7-13-5-3-4-6-15(13)19/h3-6,14,23-24H,7-12H2,1-2H3,(H,20,26)/t14-/m1/s1. The van der Waals surface area contributed by atoms with Crippen molar-refractivity contribution in [2.45, 2.75) is 12.5 Å². The second-order valence-electron chi connectivity index (χ2n) is 7.08. The van der Waals surface area contributed by atoms with Gasteiger partial charge in [0, 0.05) is 19.6 Å². The van der Waals surface area contributed by atoms with E-state index >= 15 is 0 Å². The minimum absolute atomic E-state index is 0.0950. The second kappa shape index (κ2) is 8.57. The van der Waals surface area contributed by atoms with Gasteiger partial charge in [0.2, 0.25) is 11.8 Å². The fraction of sp³-hybridized carbons (Fsp3) is 0.556. The highest BCUT2D eigenvalue weighted by Crippen LogP contribution is 2.35. The summed E-state index contributed by atoms with van der Waals surface area (Å²) in [5.74, 6) is -0.849. The van der Waals surface area contributed by atoms with E-state index in [1.165, 1.54) is 6.07 Å². The zero-order chi connectivity index (χ0) is 19.3. The zero-order valence-corrected chi connectivity index (χ0v) is 15.1. The summed E-state index contributed by atoms with van der Waals surface area (Å²) in [6.07, 6.45) is -0.900. The summed E-state index contributed by atoms with van der Waals surface area (Å²) in [6.45, 7) is 0.0543. The lowest BCUT2D eigenvalue weighted by Gasteiger charge is -2.49. The van der Waals surface area contributed by atoms with Crippen molar-refractivity contribution in [1.82, 2.24) is 15.1 Å². The number of aliphatic hydroxyl groups is 2. The Morgan fingerprint density at radius 3 is 2.58 bits per heavy atom. The third-order valence-electron chi connectivity index (χ3n) is 4.47. The fourth-order valence-electron chi connectivity index (χ4n) is 3.04. The van der Waals surface area contributed by atoms with Gasteiger partial charge in [0.15, 0.2) is 0 Å². The molecule has 1 atom stereocenters. The summed E-state index contributed by atoms with van der Waals surface area (Å²) in [4.78, 5) is 28.2. The fourth-order valence-corrected chi connectivity index (χ4v) is 3.04. The number of nitrogens with zero attached hydrogens (tertiary/aromatic N) is 2. The molecule has 26 heavy (non-hydrogen) atoms. The lowest BCUT2D eigenvalue weighted by molar-refractivity contribution is -0.154. The predicted molar refractivity (Wildman–Crippen MR) is 93.8 cm³/mol. The predicted octanol–water partition coefficient (Wildman–Crippen LogP) is -0.772. The Labute approximate surface area is 152 Å². The van der Waals surface area contributed by atoms with Gasteiger partial charge in [-0.25, -0.2) is 4.39 Å². The zero-order valence-electron chi connectivity index (χ0n) is 15.1. The van der Waals surface area contributed by atoms with Gasteiger partial charge in [-0.05, 0) is 32.1 Å². The molecule has 0 radical (unpaired) electrons. The quantitative estimate of drug-likeness (QED) is 0.561. The van der Waals surface area contributed by atoms with Crippen molar-refractivity contribution in [1.29, 1.82) is 0 Å². The lowest BCUT2D eigenvalue weighted by Crippen LogP contribution is -2.66. The normalized spacial score (nSPS) is 16.9. The molecular weight excluding hydrogens is 341 g/mol. The number of carbonyl (C=O) groups is 2. The highest BCUT2D eigenvalue weighted by atomic mass is 19.1. The van der Waals surface area contributed by atoms with E-state index in [4.69, 9.17) is 5.11 Å². The number of hydrogen-bond donors (Lipinski definition) is 3. The van der Waals surface area contributed by atoms with Crippen LogP contribution in [0.5, 0.6) is 0 Å². The molecule has 7 nitrogen and oxygen atoms in total. The number of hydrogen-bond acceptors (Lipinski definition) is 5. The van der Waals surface area contributed by atoms with Crippen LogP contribution in [-0.4, -0.2) is 84.8 Å². The number of halogens is 1. The van der Waals surface area contributed by atoms with Gasteiger partial charge in [-0.1, -0.05) is 18.2 Å². The van der Waals surface area contributed by atoms with Crippen molar-refractivity contribution in [2.24, 2.45) is 5.41 Å². The number of benzene rings is 1. The van der Waals surface area contributed by atoms with E-state index in [9.17, 15) is 19.1 Å². The summed E-state index contributed by atoms with van der Waals surface area (Å²) in [7, 11) is 3.57. The van der Waals surface area contributed by atoms with Crippen molar-refractivity contribution in [3.63, 3.8) is 0 Å². The molecule has 3 N–H and O–H groups in total. The molecule has 8 heteroatoms. The Bertz CT molecular complexity index is 647. The van der Waals surface area contributed by atoms with E-state index in [0.29, 0.717) is 5.56 Å². The second-order valence-corrected chi connectivity index (χ2v) is 7.08. The maximum atomic E-state index is 14.0. The largest absolute Gasteiger partial charge is 0.394 e. The van der Waals surface area contributed by atoms with Crippen LogP contribution in [0.1, 0.15) is 5.56 Å². The van der Waals surface area contributed by atoms with Gasteiger partial charge >= 0.3 is 0 Å². The molecule has 1 saturated heterocycles. The SMILES string of the molecule is CN(C)CC(=O)N1CC(Cc2ccccc2F)(C(=O)NC[C@@H](O)CO)C1. The molecule has 2 rings (SSSR count). The van der Waals surface area contributed by atoms with Gasteiger partial charge < -0.3 is 25.3 Å². The smallest absolute Gasteiger partial charge is 0.236 e. The number of rotatable bonds is 8. The minimum Gasteiger partial charge on any atom is -0.394 e. The van der Waals surface area contributed by atoms with Crippen LogP contribution in [0.3, 0.4) is 0 Å². The van der Waals surface area contributed by atoms with E-state index in [1.54, 1.807) is 42.1 Å². The molecule has 1 fully saturated rings. The van der Waals surface area contributed by atoms with Crippen LogP contribution in [0.25, 0.3) is 0 Å².